The maximum Gasteiger partial charge on any atom is 0.317 e. The number of hydrogen-bond donors (Lipinski definition) is 1. The molecule has 3 rings (SSSR count). The lowest BCUT2D eigenvalue weighted by Gasteiger charge is -2.35. The SMILES string of the molecule is CC1CN(C(=O)NC2CC(=O)N(c3ccc(Cl)cc3)C2)CC(C)O1. The lowest BCUT2D eigenvalue weighted by Crippen LogP contribution is -2.53. The van der Waals surface area contributed by atoms with Crippen molar-refractivity contribution < 1.29 is 14.3 Å². The third-order valence-corrected chi connectivity index (χ3v) is 4.55. The molecule has 2 aliphatic rings. The zero-order chi connectivity index (χ0) is 17.3. The fraction of sp³-hybridized carbons (Fsp3) is 0.529. The van der Waals surface area contributed by atoms with Gasteiger partial charge in [0.25, 0.3) is 0 Å². The van der Waals surface area contributed by atoms with Crippen LogP contribution in [0.1, 0.15) is 20.3 Å². The van der Waals surface area contributed by atoms with Crippen LogP contribution in [0.5, 0.6) is 0 Å². The highest BCUT2D eigenvalue weighted by Gasteiger charge is 2.33. The Hall–Kier alpha value is -1.79. The van der Waals surface area contributed by atoms with Gasteiger partial charge >= 0.3 is 6.03 Å². The van der Waals surface area contributed by atoms with Crippen LogP contribution in [0, 0.1) is 0 Å². The molecule has 0 spiro atoms. The van der Waals surface area contributed by atoms with E-state index in [9.17, 15) is 9.59 Å². The first-order chi connectivity index (χ1) is 11.4. The monoisotopic (exact) mass is 351 g/mol. The number of halogens is 1. The van der Waals surface area contributed by atoms with Gasteiger partial charge in [0.1, 0.15) is 0 Å². The number of nitrogens with zero attached hydrogens (tertiary/aromatic N) is 2. The number of urea groups is 1. The summed E-state index contributed by atoms with van der Waals surface area (Å²) in [5.41, 5.74) is 0.801. The molecule has 6 nitrogen and oxygen atoms in total. The molecule has 2 heterocycles. The minimum Gasteiger partial charge on any atom is -0.372 e. The molecule has 0 bridgehead atoms. The number of rotatable bonds is 2. The van der Waals surface area contributed by atoms with Crippen molar-refractivity contribution in [2.24, 2.45) is 0 Å². The van der Waals surface area contributed by atoms with Crippen LogP contribution >= 0.6 is 11.6 Å². The molecule has 1 aromatic carbocycles. The van der Waals surface area contributed by atoms with E-state index >= 15 is 0 Å². The molecular formula is C17H22ClN3O3. The molecule has 3 unspecified atom stereocenters. The van der Waals surface area contributed by atoms with E-state index in [2.05, 4.69) is 5.32 Å². The van der Waals surface area contributed by atoms with Gasteiger partial charge in [0.15, 0.2) is 0 Å². The number of anilines is 1. The van der Waals surface area contributed by atoms with Gasteiger partial charge in [-0.2, -0.15) is 0 Å². The number of nitrogens with one attached hydrogen (secondary N) is 1. The van der Waals surface area contributed by atoms with Crippen LogP contribution in [0.25, 0.3) is 0 Å². The van der Waals surface area contributed by atoms with Crippen molar-refractivity contribution >= 4 is 29.2 Å². The van der Waals surface area contributed by atoms with Gasteiger partial charge in [-0.05, 0) is 38.1 Å². The number of ether oxygens (including phenoxy) is 1. The van der Waals surface area contributed by atoms with Crippen molar-refractivity contribution in [2.45, 2.75) is 38.5 Å². The molecule has 0 radical (unpaired) electrons. The third kappa shape index (κ3) is 3.82. The second-order valence-corrected chi connectivity index (χ2v) is 6.93. The Labute approximate surface area is 146 Å². The summed E-state index contributed by atoms with van der Waals surface area (Å²) in [5.74, 6) is 0.00587. The summed E-state index contributed by atoms with van der Waals surface area (Å²) in [4.78, 5) is 28.1. The Kier molecular flexibility index (Phi) is 4.96. The zero-order valence-corrected chi connectivity index (χ0v) is 14.6. The van der Waals surface area contributed by atoms with Crippen LogP contribution in [-0.2, 0) is 9.53 Å². The molecule has 130 valence electrons. The molecule has 0 aromatic heterocycles. The van der Waals surface area contributed by atoms with Crippen molar-refractivity contribution in [3.63, 3.8) is 0 Å². The number of hydrogen-bond acceptors (Lipinski definition) is 3. The van der Waals surface area contributed by atoms with E-state index in [-0.39, 0.29) is 30.2 Å². The summed E-state index contributed by atoms with van der Waals surface area (Å²) >= 11 is 5.89. The van der Waals surface area contributed by atoms with E-state index in [1.165, 1.54) is 0 Å². The molecule has 3 atom stereocenters. The van der Waals surface area contributed by atoms with Crippen LogP contribution < -0.4 is 10.2 Å². The van der Waals surface area contributed by atoms with Crippen molar-refractivity contribution in [1.29, 1.82) is 0 Å². The van der Waals surface area contributed by atoms with E-state index in [1.807, 2.05) is 26.0 Å². The second-order valence-electron chi connectivity index (χ2n) is 6.49. The van der Waals surface area contributed by atoms with Gasteiger partial charge in [-0.25, -0.2) is 4.79 Å². The molecule has 3 amide bonds. The van der Waals surface area contributed by atoms with Gasteiger partial charge < -0.3 is 19.9 Å². The highest BCUT2D eigenvalue weighted by Crippen LogP contribution is 2.23. The highest BCUT2D eigenvalue weighted by atomic mass is 35.5. The fourth-order valence-electron chi connectivity index (χ4n) is 3.28. The van der Waals surface area contributed by atoms with Crippen molar-refractivity contribution in [2.75, 3.05) is 24.5 Å². The van der Waals surface area contributed by atoms with Crippen molar-refractivity contribution in [1.82, 2.24) is 10.2 Å². The second kappa shape index (κ2) is 6.99. The third-order valence-electron chi connectivity index (χ3n) is 4.30. The van der Waals surface area contributed by atoms with E-state index in [1.54, 1.807) is 21.9 Å². The Morgan fingerprint density at radius 1 is 1.17 bits per heavy atom. The maximum absolute atomic E-state index is 12.5. The van der Waals surface area contributed by atoms with E-state index < -0.39 is 0 Å². The topological polar surface area (TPSA) is 61.9 Å². The van der Waals surface area contributed by atoms with Crippen LogP contribution in [0.3, 0.4) is 0 Å². The Morgan fingerprint density at radius 2 is 1.79 bits per heavy atom. The molecule has 2 fully saturated rings. The summed E-state index contributed by atoms with van der Waals surface area (Å²) in [5, 5.41) is 3.60. The molecule has 2 aliphatic heterocycles. The van der Waals surface area contributed by atoms with Gasteiger partial charge in [0.2, 0.25) is 5.91 Å². The van der Waals surface area contributed by atoms with E-state index in [0.717, 1.165) is 5.69 Å². The average Bonchev–Trinajstić information content (AvgIpc) is 2.87. The number of benzene rings is 1. The minimum atomic E-state index is -0.186. The summed E-state index contributed by atoms with van der Waals surface area (Å²) in [6.07, 6.45) is 0.356. The summed E-state index contributed by atoms with van der Waals surface area (Å²) in [6, 6.07) is 6.83. The first-order valence-corrected chi connectivity index (χ1v) is 8.57. The summed E-state index contributed by atoms with van der Waals surface area (Å²) in [6.45, 7) is 5.52. The largest absolute Gasteiger partial charge is 0.372 e. The van der Waals surface area contributed by atoms with Crippen LogP contribution in [0.15, 0.2) is 24.3 Å². The number of carbonyl (C=O) groups excluding carboxylic acids is 2. The average molecular weight is 352 g/mol. The van der Waals surface area contributed by atoms with Crippen LogP contribution in [0.2, 0.25) is 5.02 Å². The molecular weight excluding hydrogens is 330 g/mol. The van der Waals surface area contributed by atoms with Gasteiger partial charge in [0, 0.05) is 36.8 Å². The van der Waals surface area contributed by atoms with Crippen LogP contribution in [-0.4, -0.2) is 54.7 Å². The van der Waals surface area contributed by atoms with Crippen molar-refractivity contribution in [3.05, 3.63) is 29.3 Å². The summed E-state index contributed by atoms with van der Waals surface area (Å²) < 4.78 is 5.64. The quantitative estimate of drug-likeness (QED) is 0.889. The summed E-state index contributed by atoms with van der Waals surface area (Å²) in [7, 11) is 0. The van der Waals surface area contributed by atoms with Gasteiger partial charge in [-0.1, -0.05) is 11.6 Å². The lowest BCUT2D eigenvalue weighted by molar-refractivity contribution is -0.117. The van der Waals surface area contributed by atoms with Gasteiger partial charge in [-0.15, -0.1) is 0 Å². The number of amides is 3. The minimum absolute atomic E-state index is 0.00587. The van der Waals surface area contributed by atoms with E-state index in [4.69, 9.17) is 16.3 Å². The van der Waals surface area contributed by atoms with Crippen molar-refractivity contribution in [3.8, 4) is 0 Å². The molecule has 0 saturated carbocycles. The van der Waals surface area contributed by atoms with Gasteiger partial charge in [0.05, 0.1) is 18.2 Å². The lowest BCUT2D eigenvalue weighted by atomic mass is 10.2. The first-order valence-electron chi connectivity index (χ1n) is 8.19. The molecule has 2 saturated heterocycles. The van der Waals surface area contributed by atoms with Crippen LogP contribution in [0.4, 0.5) is 10.5 Å². The molecule has 1 N–H and O–H groups in total. The standard InChI is InChI=1S/C17H22ClN3O3/c1-11-8-20(9-12(2)24-11)17(23)19-14-7-16(22)21(10-14)15-5-3-13(18)4-6-15/h3-6,11-12,14H,7-10H2,1-2H3,(H,19,23). The molecule has 1 aromatic rings. The predicted molar refractivity (Wildman–Crippen MR) is 92.3 cm³/mol. The zero-order valence-electron chi connectivity index (χ0n) is 13.9. The fourth-order valence-corrected chi connectivity index (χ4v) is 3.41. The Balaban J connectivity index is 1.59. The normalized spacial score (nSPS) is 27.5. The molecule has 7 heteroatoms. The molecule has 24 heavy (non-hydrogen) atoms. The van der Waals surface area contributed by atoms with E-state index in [0.29, 0.717) is 31.1 Å². The first kappa shape index (κ1) is 17.0. The highest BCUT2D eigenvalue weighted by molar-refractivity contribution is 6.30. The van der Waals surface area contributed by atoms with Gasteiger partial charge in [-0.3, -0.25) is 4.79 Å². The number of morpholine rings is 1. The molecule has 0 aliphatic carbocycles. The number of carbonyl (C=O) groups is 2. The maximum atomic E-state index is 12.5. The Bertz CT molecular complexity index is 612. The smallest absolute Gasteiger partial charge is 0.317 e. The predicted octanol–water partition coefficient (Wildman–Crippen LogP) is 2.26. The Morgan fingerprint density at radius 3 is 2.42 bits per heavy atom.